The van der Waals surface area contributed by atoms with E-state index in [0.29, 0.717) is 49.9 Å². The third-order valence-corrected chi connectivity index (χ3v) is 6.30. The van der Waals surface area contributed by atoms with E-state index in [1.165, 1.54) is 17.4 Å². The first kappa shape index (κ1) is 20.5. The molecule has 4 rings (SSSR count). The molecule has 30 heavy (non-hydrogen) atoms. The van der Waals surface area contributed by atoms with Crippen LogP contribution in [0.5, 0.6) is 0 Å². The average molecular weight is 434 g/mol. The van der Waals surface area contributed by atoms with Crippen molar-refractivity contribution in [1.29, 1.82) is 0 Å². The highest BCUT2D eigenvalue weighted by Crippen LogP contribution is 2.34. The van der Waals surface area contributed by atoms with Crippen molar-refractivity contribution in [3.63, 3.8) is 0 Å². The Morgan fingerprint density at radius 1 is 1.33 bits per heavy atom. The summed E-state index contributed by atoms with van der Waals surface area (Å²) in [4.78, 5) is 27.8. The summed E-state index contributed by atoms with van der Waals surface area (Å²) >= 11 is 1.39. The average Bonchev–Trinajstić information content (AvgIpc) is 3.46. The molecule has 10 heteroatoms. The molecule has 2 aliphatic rings. The highest BCUT2D eigenvalue weighted by molar-refractivity contribution is 7.12. The highest BCUT2D eigenvalue weighted by atomic mass is 32.1. The van der Waals surface area contributed by atoms with Crippen LogP contribution in [0.2, 0.25) is 0 Å². The zero-order valence-corrected chi connectivity index (χ0v) is 17.2. The van der Waals surface area contributed by atoms with Crippen molar-refractivity contribution in [3.8, 4) is 0 Å². The Morgan fingerprint density at radius 2 is 2.13 bits per heavy atom. The zero-order valence-electron chi connectivity index (χ0n) is 16.4. The van der Waals surface area contributed by atoms with E-state index in [1.54, 1.807) is 11.0 Å². The van der Waals surface area contributed by atoms with E-state index < -0.39 is 10.7 Å². The lowest BCUT2D eigenvalue weighted by Gasteiger charge is -2.35. The normalized spacial score (nSPS) is 19.2. The van der Waals surface area contributed by atoms with Crippen molar-refractivity contribution in [2.75, 3.05) is 49.5 Å². The lowest BCUT2D eigenvalue weighted by Crippen LogP contribution is -2.48. The van der Waals surface area contributed by atoms with Crippen LogP contribution in [0.1, 0.15) is 22.5 Å². The number of carbonyl (C=O) groups is 1. The number of ether oxygens (including phenoxy) is 1. The second-order valence-corrected chi connectivity index (χ2v) is 8.30. The van der Waals surface area contributed by atoms with Crippen LogP contribution in [0.4, 0.5) is 21.5 Å². The van der Waals surface area contributed by atoms with Gasteiger partial charge in [-0.05, 0) is 30.4 Å². The van der Waals surface area contributed by atoms with Gasteiger partial charge in [0.2, 0.25) is 0 Å². The molecule has 160 valence electrons. The summed E-state index contributed by atoms with van der Waals surface area (Å²) in [6, 6.07) is 6.09. The molecule has 1 amide bonds. The SMILES string of the molecule is O=C(c1cccs1)N1CCN(c2cc(NC[C@@H]3CCCO3)c(F)cc2[N+](=O)[O-])CC1. The van der Waals surface area contributed by atoms with Gasteiger partial charge in [0.15, 0.2) is 5.82 Å². The molecule has 1 aromatic carbocycles. The third-order valence-electron chi connectivity index (χ3n) is 5.44. The second-order valence-electron chi connectivity index (χ2n) is 7.35. The van der Waals surface area contributed by atoms with Gasteiger partial charge < -0.3 is 19.9 Å². The first-order valence-corrected chi connectivity index (χ1v) is 10.8. The lowest BCUT2D eigenvalue weighted by atomic mass is 10.1. The Labute approximate surface area is 177 Å². The molecule has 2 aromatic rings. The minimum atomic E-state index is -0.657. The number of thiophene rings is 1. The largest absolute Gasteiger partial charge is 0.380 e. The van der Waals surface area contributed by atoms with Crippen LogP contribution in [0.15, 0.2) is 29.6 Å². The maximum absolute atomic E-state index is 14.5. The third kappa shape index (κ3) is 4.39. The molecule has 3 heterocycles. The van der Waals surface area contributed by atoms with E-state index in [1.807, 2.05) is 16.3 Å². The predicted octanol–water partition coefficient (Wildman–Crippen LogP) is 3.35. The number of hydrogen-bond acceptors (Lipinski definition) is 7. The van der Waals surface area contributed by atoms with Crippen molar-refractivity contribution in [2.24, 2.45) is 0 Å². The van der Waals surface area contributed by atoms with E-state index in [4.69, 9.17) is 4.74 Å². The van der Waals surface area contributed by atoms with Gasteiger partial charge in [-0.25, -0.2) is 4.39 Å². The number of nitrogens with zero attached hydrogens (tertiary/aromatic N) is 3. The van der Waals surface area contributed by atoms with Gasteiger partial charge in [0.25, 0.3) is 11.6 Å². The number of carbonyl (C=O) groups excluding carboxylic acids is 1. The van der Waals surface area contributed by atoms with Crippen LogP contribution in [0.3, 0.4) is 0 Å². The van der Waals surface area contributed by atoms with Crippen LogP contribution in [-0.2, 0) is 4.74 Å². The first-order chi connectivity index (χ1) is 14.5. The van der Waals surface area contributed by atoms with Crippen LogP contribution in [-0.4, -0.2) is 61.2 Å². The first-order valence-electron chi connectivity index (χ1n) is 9.94. The van der Waals surface area contributed by atoms with E-state index in [9.17, 15) is 19.3 Å². The van der Waals surface area contributed by atoms with Gasteiger partial charge in [0, 0.05) is 39.3 Å². The van der Waals surface area contributed by atoms with Crippen molar-refractivity contribution in [3.05, 3.63) is 50.5 Å². The van der Waals surface area contributed by atoms with Gasteiger partial charge in [-0.3, -0.25) is 14.9 Å². The quantitative estimate of drug-likeness (QED) is 0.554. The van der Waals surface area contributed by atoms with Crippen LogP contribution >= 0.6 is 11.3 Å². The number of rotatable bonds is 6. The van der Waals surface area contributed by atoms with Gasteiger partial charge >= 0.3 is 0 Å². The molecule has 0 radical (unpaired) electrons. The topological polar surface area (TPSA) is 88.0 Å². The van der Waals surface area contributed by atoms with Crippen LogP contribution in [0, 0.1) is 15.9 Å². The Bertz CT molecular complexity index is 910. The van der Waals surface area contributed by atoms with Crippen molar-refractivity contribution < 1.29 is 18.8 Å². The molecule has 0 bridgehead atoms. The summed E-state index contributed by atoms with van der Waals surface area (Å²) in [5, 5.41) is 16.4. The molecule has 0 unspecified atom stereocenters. The molecule has 2 aliphatic heterocycles. The second kappa shape index (κ2) is 8.97. The summed E-state index contributed by atoms with van der Waals surface area (Å²) < 4.78 is 20.0. The van der Waals surface area contributed by atoms with Gasteiger partial charge in [-0.15, -0.1) is 11.3 Å². The minimum absolute atomic E-state index is 0.0230. The molecule has 0 saturated carbocycles. The minimum Gasteiger partial charge on any atom is -0.380 e. The number of anilines is 2. The maximum atomic E-state index is 14.5. The monoisotopic (exact) mass is 434 g/mol. The summed E-state index contributed by atoms with van der Waals surface area (Å²) in [6.07, 6.45) is 1.92. The van der Waals surface area contributed by atoms with Crippen LogP contribution in [0.25, 0.3) is 0 Å². The molecule has 0 spiro atoms. The van der Waals surface area contributed by atoms with Gasteiger partial charge in [-0.1, -0.05) is 6.07 Å². The Hall–Kier alpha value is -2.72. The van der Waals surface area contributed by atoms with Gasteiger partial charge in [0.1, 0.15) is 5.69 Å². The van der Waals surface area contributed by atoms with E-state index in [2.05, 4.69) is 5.32 Å². The van der Waals surface area contributed by atoms with Crippen molar-refractivity contribution in [1.82, 2.24) is 4.90 Å². The fraction of sp³-hybridized carbons (Fsp3) is 0.450. The van der Waals surface area contributed by atoms with Gasteiger partial charge in [-0.2, -0.15) is 0 Å². The smallest absolute Gasteiger partial charge is 0.295 e. The maximum Gasteiger partial charge on any atom is 0.295 e. The Morgan fingerprint density at radius 3 is 2.77 bits per heavy atom. The molecule has 0 aliphatic carbocycles. The van der Waals surface area contributed by atoms with E-state index >= 15 is 0 Å². The number of nitrogens with one attached hydrogen (secondary N) is 1. The summed E-state index contributed by atoms with van der Waals surface area (Å²) in [5.41, 5.74) is 0.316. The standard InChI is InChI=1S/C20H23FN4O4S/c21-15-11-18(25(27)28)17(12-16(15)22-13-14-3-1-9-29-14)23-5-7-24(8-6-23)20(26)19-4-2-10-30-19/h2,4,10-12,14,22H,1,3,5-9,13H2/t14-/m0/s1. The molecule has 8 nitrogen and oxygen atoms in total. The lowest BCUT2D eigenvalue weighted by molar-refractivity contribution is -0.384. The summed E-state index contributed by atoms with van der Waals surface area (Å²) in [7, 11) is 0. The predicted molar refractivity (Wildman–Crippen MR) is 113 cm³/mol. The van der Waals surface area contributed by atoms with Gasteiger partial charge in [0.05, 0.1) is 27.7 Å². The fourth-order valence-electron chi connectivity index (χ4n) is 3.82. The highest BCUT2D eigenvalue weighted by Gasteiger charge is 2.28. The molecule has 2 fully saturated rings. The number of piperazine rings is 1. The van der Waals surface area contributed by atoms with E-state index in [0.717, 1.165) is 18.9 Å². The molecular weight excluding hydrogens is 411 g/mol. The number of halogens is 1. The van der Waals surface area contributed by atoms with Crippen molar-refractivity contribution in [2.45, 2.75) is 18.9 Å². The molecule has 1 aromatic heterocycles. The molecule has 1 N–H and O–H groups in total. The molecular formula is C20H23FN4O4S. The Kier molecular flexibility index (Phi) is 6.14. The zero-order chi connectivity index (χ0) is 21.1. The molecule has 1 atom stereocenters. The molecule has 2 saturated heterocycles. The fourth-order valence-corrected chi connectivity index (χ4v) is 4.51. The van der Waals surface area contributed by atoms with Crippen LogP contribution < -0.4 is 10.2 Å². The number of benzene rings is 1. The number of nitro groups is 1. The number of hydrogen-bond donors (Lipinski definition) is 1. The number of nitro benzene ring substituents is 1. The summed E-state index contributed by atoms with van der Waals surface area (Å²) in [6.45, 7) is 2.93. The summed E-state index contributed by atoms with van der Waals surface area (Å²) in [5.74, 6) is -0.688. The Balaban J connectivity index is 1.48. The van der Waals surface area contributed by atoms with E-state index in [-0.39, 0.29) is 23.4 Å². The van der Waals surface area contributed by atoms with Crippen molar-refractivity contribution >= 4 is 34.3 Å². The number of amides is 1.